The number of carbonyl (C=O) groups excluding carboxylic acids is 1. The van der Waals surface area contributed by atoms with Gasteiger partial charge in [0.2, 0.25) is 11.8 Å². The lowest BCUT2D eigenvalue weighted by atomic mass is 10.0. The van der Waals surface area contributed by atoms with Crippen LogP contribution in [0.1, 0.15) is 12.5 Å². The summed E-state index contributed by atoms with van der Waals surface area (Å²) in [6.07, 6.45) is 2.45. The molecule has 0 aliphatic rings. The van der Waals surface area contributed by atoms with Crippen molar-refractivity contribution in [2.24, 2.45) is 0 Å². The molecule has 0 spiro atoms. The number of rotatable bonds is 7. The molecule has 0 bridgehead atoms. The number of hydrogen-bond donors (Lipinski definition) is 1. The molecule has 156 valence electrons. The van der Waals surface area contributed by atoms with Gasteiger partial charge in [0.15, 0.2) is 0 Å². The van der Waals surface area contributed by atoms with Crippen LogP contribution in [0.4, 0.5) is 0 Å². The Balaban J connectivity index is 1.46. The molecule has 5 nitrogen and oxygen atoms in total. The summed E-state index contributed by atoms with van der Waals surface area (Å²) in [6, 6.07) is 22.9. The molecule has 0 atom stereocenters. The Hall–Kier alpha value is -3.57. The zero-order valence-electron chi connectivity index (χ0n) is 17.0. The van der Waals surface area contributed by atoms with Crippen molar-refractivity contribution in [3.8, 4) is 23.1 Å². The van der Waals surface area contributed by atoms with Crippen LogP contribution in [0.15, 0.2) is 79.0 Å². The molecule has 0 saturated heterocycles. The van der Waals surface area contributed by atoms with E-state index in [9.17, 15) is 4.79 Å². The molecule has 0 aliphatic carbocycles. The van der Waals surface area contributed by atoms with Crippen LogP contribution >= 0.6 is 11.6 Å². The van der Waals surface area contributed by atoms with Crippen LogP contribution in [0.2, 0.25) is 5.02 Å². The molecule has 4 rings (SSSR count). The minimum absolute atomic E-state index is 0.0161. The highest BCUT2D eigenvalue weighted by Crippen LogP contribution is 2.34. The van der Waals surface area contributed by atoms with Crippen molar-refractivity contribution in [3.63, 3.8) is 0 Å². The SMILES string of the molecule is CC(=O)NCCc1ccc2cc(Oc3ccc(Oc4ccccn4)cc3Cl)ccc2c1. The quantitative estimate of drug-likeness (QED) is 0.380. The van der Waals surface area contributed by atoms with Crippen molar-refractivity contribution in [1.29, 1.82) is 0 Å². The molecule has 0 aliphatic heterocycles. The van der Waals surface area contributed by atoms with Gasteiger partial charge in [-0.15, -0.1) is 0 Å². The van der Waals surface area contributed by atoms with Gasteiger partial charge in [-0.1, -0.05) is 41.9 Å². The fourth-order valence-electron chi connectivity index (χ4n) is 3.16. The molecule has 1 amide bonds. The Labute approximate surface area is 185 Å². The number of hydrogen-bond acceptors (Lipinski definition) is 4. The molecular weight excluding hydrogens is 412 g/mol. The molecule has 31 heavy (non-hydrogen) atoms. The minimum Gasteiger partial charge on any atom is -0.456 e. The van der Waals surface area contributed by atoms with Crippen LogP contribution in [-0.2, 0) is 11.2 Å². The molecule has 1 N–H and O–H groups in total. The summed E-state index contributed by atoms with van der Waals surface area (Å²) in [5, 5.41) is 5.43. The number of nitrogens with one attached hydrogen (secondary N) is 1. The van der Waals surface area contributed by atoms with Crippen molar-refractivity contribution >= 4 is 28.3 Å². The molecule has 3 aromatic carbocycles. The van der Waals surface area contributed by atoms with E-state index in [-0.39, 0.29) is 5.91 Å². The standard InChI is InChI=1S/C25H21ClN2O3/c1-17(29)27-13-11-18-5-6-20-15-21(8-7-19(20)14-18)30-24-10-9-22(16-23(24)26)31-25-4-2-3-12-28-25/h2-10,12,14-16H,11,13H2,1H3,(H,27,29). The van der Waals surface area contributed by atoms with Crippen molar-refractivity contribution in [2.75, 3.05) is 6.54 Å². The molecule has 0 unspecified atom stereocenters. The van der Waals surface area contributed by atoms with E-state index in [0.29, 0.717) is 34.7 Å². The predicted molar refractivity (Wildman–Crippen MR) is 122 cm³/mol. The van der Waals surface area contributed by atoms with E-state index in [0.717, 1.165) is 17.2 Å². The van der Waals surface area contributed by atoms with Crippen molar-refractivity contribution in [1.82, 2.24) is 10.3 Å². The smallest absolute Gasteiger partial charge is 0.219 e. The first-order chi connectivity index (χ1) is 15.1. The number of amides is 1. The topological polar surface area (TPSA) is 60.5 Å². The molecule has 4 aromatic rings. The zero-order chi connectivity index (χ0) is 21.6. The molecule has 0 saturated carbocycles. The maximum atomic E-state index is 11.0. The summed E-state index contributed by atoms with van der Waals surface area (Å²) in [4.78, 5) is 15.2. The monoisotopic (exact) mass is 432 g/mol. The number of halogens is 1. The Bertz CT molecular complexity index is 1210. The summed E-state index contributed by atoms with van der Waals surface area (Å²) in [6.45, 7) is 2.15. The van der Waals surface area contributed by atoms with Crippen LogP contribution in [0, 0.1) is 0 Å². The van der Waals surface area contributed by atoms with Crippen LogP contribution in [0.5, 0.6) is 23.1 Å². The number of nitrogens with zero attached hydrogens (tertiary/aromatic N) is 1. The largest absolute Gasteiger partial charge is 0.456 e. The fraction of sp³-hybridized carbons (Fsp3) is 0.120. The predicted octanol–water partition coefficient (Wildman–Crippen LogP) is 6.15. The van der Waals surface area contributed by atoms with Gasteiger partial charge < -0.3 is 14.8 Å². The molecule has 0 fully saturated rings. The average Bonchev–Trinajstić information content (AvgIpc) is 2.76. The summed E-state index contributed by atoms with van der Waals surface area (Å²) >= 11 is 6.40. The third kappa shape index (κ3) is 5.53. The first kappa shape index (κ1) is 20.7. The van der Waals surface area contributed by atoms with Crippen LogP contribution < -0.4 is 14.8 Å². The number of carbonyl (C=O) groups is 1. The van der Waals surface area contributed by atoms with E-state index in [1.165, 1.54) is 12.5 Å². The van der Waals surface area contributed by atoms with Gasteiger partial charge in [0.1, 0.15) is 17.2 Å². The van der Waals surface area contributed by atoms with Gasteiger partial charge in [-0.3, -0.25) is 4.79 Å². The van der Waals surface area contributed by atoms with E-state index < -0.39 is 0 Å². The second-order valence-corrected chi connectivity index (χ2v) is 7.45. The maximum Gasteiger partial charge on any atom is 0.219 e. The van der Waals surface area contributed by atoms with E-state index in [1.807, 2.05) is 30.3 Å². The Morgan fingerprint density at radius 1 is 0.935 bits per heavy atom. The van der Waals surface area contributed by atoms with Gasteiger partial charge in [-0.2, -0.15) is 0 Å². The highest BCUT2D eigenvalue weighted by molar-refractivity contribution is 6.32. The second kappa shape index (κ2) is 9.49. The number of benzene rings is 3. The number of aromatic nitrogens is 1. The average molecular weight is 433 g/mol. The summed E-state index contributed by atoms with van der Waals surface area (Å²) in [7, 11) is 0. The Kier molecular flexibility index (Phi) is 6.34. The third-order valence-corrected chi connectivity index (χ3v) is 4.95. The first-order valence-corrected chi connectivity index (χ1v) is 10.3. The molecule has 0 radical (unpaired) electrons. The molecule has 6 heteroatoms. The van der Waals surface area contributed by atoms with Gasteiger partial charge >= 0.3 is 0 Å². The molecular formula is C25H21ClN2O3. The second-order valence-electron chi connectivity index (χ2n) is 7.04. The van der Waals surface area contributed by atoms with Crippen molar-refractivity contribution in [3.05, 3.63) is 89.6 Å². The lowest BCUT2D eigenvalue weighted by Crippen LogP contribution is -2.22. The minimum atomic E-state index is -0.0161. The van der Waals surface area contributed by atoms with E-state index in [1.54, 1.807) is 30.5 Å². The number of pyridine rings is 1. The van der Waals surface area contributed by atoms with E-state index >= 15 is 0 Å². The van der Waals surface area contributed by atoms with E-state index in [2.05, 4.69) is 28.5 Å². The zero-order valence-corrected chi connectivity index (χ0v) is 17.7. The maximum absolute atomic E-state index is 11.0. The van der Waals surface area contributed by atoms with Crippen molar-refractivity contribution in [2.45, 2.75) is 13.3 Å². The molecule has 1 aromatic heterocycles. The van der Waals surface area contributed by atoms with E-state index in [4.69, 9.17) is 21.1 Å². The van der Waals surface area contributed by atoms with Gasteiger partial charge in [0.25, 0.3) is 0 Å². The first-order valence-electron chi connectivity index (χ1n) is 9.90. The highest BCUT2D eigenvalue weighted by atomic mass is 35.5. The van der Waals surface area contributed by atoms with Crippen LogP contribution in [-0.4, -0.2) is 17.4 Å². The summed E-state index contributed by atoms with van der Waals surface area (Å²) in [5.41, 5.74) is 1.17. The van der Waals surface area contributed by atoms with Gasteiger partial charge in [-0.25, -0.2) is 4.98 Å². The molecule has 1 heterocycles. The Morgan fingerprint density at radius 2 is 1.71 bits per heavy atom. The normalized spacial score (nSPS) is 10.6. The van der Waals surface area contributed by atoms with Crippen LogP contribution in [0.3, 0.4) is 0 Å². The van der Waals surface area contributed by atoms with Crippen molar-refractivity contribution < 1.29 is 14.3 Å². The van der Waals surface area contributed by atoms with Gasteiger partial charge in [0.05, 0.1) is 5.02 Å². The fourth-order valence-corrected chi connectivity index (χ4v) is 3.37. The van der Waals surface area contributed by atoms with Crippen LogP contribution in [0.25, 0.3) is 10.8 Å². The van der Waals surface area contributed by atoms with Gasteiger partial charge in [-0.05, 0) is 53.1 Å². The van der Waals surface area contributed by atoms with Gasteiger partial charge in [0, 0.05) is 31.8 Å². The Morgan fingerprint density at radius 3 is 2.48 bits per heavy atom. The lowest BCUT2D eigenvalue weighted by Gasteiger charge is -2.11. The third-order valence-electron chi connectivity index (χ3n) is 4.66. The number of fused-ring (bicyclic) bond motifs is 1. The summed E-state index contributed by atoms with van der Waals surface area (Å²) in [5.74, 6) is 2.30. The summed E-state index contributed by atoms with van der Waals surface area (Å²) < 4.78 is 11.7. The highest BCUT2D eigenvalue weighted by Gasteiger charge is 2.08. The number of ether oxygens (including phenoxy) is 2. The lowest BCUT2D eigenvalue weighted by molar-refractivity contribution is -0.118.